The van der Waals surface area contributed by atoms with Crippen molar-refractivity contribution in [3.8, 4) is 5.75 Å². The number of hydrogen-bond donors (Lipinski definition) is 2. The Morgan fingerprint density at radius 1 is 0.969 bits per heavy atom. The van der Waals surface area contributed by atoms with Crippen molar-refractivity contribution < 1.29 is 19.1 Å². The summed E-state index contributed by atoms with van der Waals surface area (Å²) in [6.45, 7) is 1.61. The fourth-order valence-electron chi connectivity index (χ4n) is 2.67. The van der Waals surface area contributed by atoms with Gasteiger partial charge >= 0.3 is 5.97 Å². The van der Waals surface area contributed by atoms with Crippen LogP contribution < -0.4 is 15.5 Å². The van der Waals surface area contributed by atoms with Crippen LogP contribution in [0, 0.1) is 6.92 Å². The maximum atomic E-state index is 12.2. The number of esters is 1. The molecule has 0 aromatic heterocycles. The van der Waals surface area contributed by atoms with Crippen molar-refractivity contribution in [2.45, 2.75) is 6.92 Å². The molecular formula is C24H20ClN3O4. The van der Waals surface area contributed by atoms with Gasteiger partial charge in [0.15, 0.2) is 0 Å². The number of halogens is 1. The highest BCUT2D eigenvalue weighted by Crippen LogP contribution is 2.15. The lowest BCUT2D eigenvalue weighted by Gasteiger charge is -2.06. The lowest BCUT2D eigenvalue weighted by atomic mass is 10.1. The van der Waals surface area contributed by atoms with Crippen LogP contribution in [0.1, 0.15) is 31.8 Å². The number of hydrazone groups is 1. The van der Waals surface area contributed by atoms with Crippen LogP contribution in [0.15, 0.2) is 77.9 Å². The van der Waals surface area contributed by atoms with Gasteiger partial charge in [0.2, 0.25) is 0 Å². The zero-order chi connectivity index (χ0) is 22.9. The molecule has 32 heavy (non-hydrogen) atoms. The molecule has 0 aliphatic heterocycles. The fraction of sp³-hybridized carbons (Fsp3) is 0.0833. The van der Waals surface area contributed by atoms with Crippen molar-refractivity contribution in [2.24, 2.45) is 5.10 Å². The highest BCUT2D eigenvalue weighted by molar-refractivity contribution is 6.30. The molecule has 162 valence electrons. The summed E-state index contributed by atoms with van der Waals surface area (Å²) >= 11 is 5.78. The smallest absolute Gasteiger partial charge is 0.343 e. The number of ether oxygens (including phenoxy) is 1. The van der Waals surface area contributed by atoms with Crippen molar-refractivity contribution in [2.75, 3.05) is 6.54 Å². The Bertz CT molecular complexity index is 1140. The Morgan fingerprint density at radius 2 is 1.66 bits per heavy atom. The summed E-state index contributed by atoms with van der Waals surface area (Å²) in [5.74, 6) is -0.911. The second-order valence-corrected chi connectivity index (χ2v) is 7.19. The van der Waals surface area contributed by atoms with Crippen LogP contribution in [0.25, 0.3) is 0 Å². The largest absolute Gasteiger partial charge is 0.423 e. The number of hydrogen-bond acceptors (Lipinski definition) is 5. The molecule has 0 atom stereocenters. The molecule has 0 aliphatic rings. The summed E-state index contributed by atoms with van der Waals surface area (Å²) in [7, 11) is 0. The number of carbonyl (C=O) groups is 3. The molecule has 3 rings (SSSR count). The van der Waals surface area contributed by atoms with Crippen LogP contribution in [0.4, 0.5) is 0 Å². The SMILES string of the molecule is Cc1ccccc1C(=O)Oc1ccc(/C=N/NC(=O)CNC(=O)c2ccc(Cl)cc2)cc1. The van der Waals surface area contributed by atoms with Crippen LogP contribution in [0.3, 0.4) is 0 Å². The summed E-state index contributed by atoms with van der Waals surface area (Å²) in [5, 5.41) is 6.87. The van der Waals surface area contributed by atoms with Crippen molar-refractivity contribution in [1.82, 2.24) is 10.7 Å². The molecule has 2 N–H and O–H groups in total. The molecule has 8 heteroatoms. The molecule has 0 saturated carbocycles. The molecule has 0 saturated heterocycles. The van der Waals surface area contributed by atoms with Crippen LogP contribution in [-0.2, 0) is 4.79 Å². The van der Waals surface area contributed by atoms with E-state index in [1.165, 1.54) is 6.21 Å². The van der Waals surface area contributed by atoms with Gasteiger partial charge in [-0.25, -0.2) is 10.2 Å². The third-order valence-corrected chi connectivity index (χ3v) is 4.63. The minimum Gasteiger partial charge on any atom is -0.423 e. The zero-order valence-electron chi connectivity index (χ0n) is 17.2. The normalized spacial score (nSPS) is 10.6. The molecule has 2 amide bonds. The van der Waals surface area contributed by atoms with Gasteiger partial charge < -0.3 is 10.1 Å². The average molecular weight is 450 g/mol. The van der Waals surface area contributed by atoms with Gasteiger partial charge in [0.05, 0.1) is 18.3 Å². The monoisotopic (exact) mass is 449 g/mol. The molecule has 0 spiro atoms. The van der Waals surface area contributed by atoms with Gasteiger partial charge in [0.25, 0.3) is 11.8 Å². The maximum Gasteiger partial charge on any atom is 0.343 e. The molecule has 0 aliphatic carbocycles. The Morgan fingerprint density at radius 3 is 2.34 bits per heavy atom. The first-order valence-corrected chi connectivity index (χ1v) is 10.0. The van der Waals surface area contributed by atoms with Gasteiger partial charge in [-0.3, -0.25) is 9.59 Å². The zero-order valence-corrected chi connectivity index (χ0v) is 17.9. The summed E-state index contributed by atoms with van der Waals surface area (Å²) in [6, 6.07) is 20.1. The van der Waals surface area contributed by atoms with Crippen LogP contribution in [-0.4, -0.2) is 30.5 Å². The lowest BCUT2D eigenvalue weighted by Crippen LogP contribution is -2.34. The van der Waals surface area contributed by atoms with Crippen molar-refractivity contribution in [3.63, 3.8) is 0 Å². The molecule has 0 fully saturated rings. The van der Waals surface area contributed by atoms with Crippen LogP contribution >= 0.6 is 11.6 Å². The van der Waals surface area contributed by atoms with Crippen LogP contribution in [0.2, 0.25) is 5.02 Å². The minimum atomic E-state index is -0.479. The van der Waals surface area contributed by atoms with E-state index in [1.807, 2.05) is 19.1 Å². The average Bonchev–Trinajstić information content (AvgIpc) is 2.79. The highest BCUT2D eigenvalue weighted by atomic mass is 35.5. The first-order chi connectivity index (χ1) is 15.4. The first kappa shape index (κ1) is 22.7. The van der Waals surface area contributed by atoms with E-state index in [4.69, 9.17) is 16.3 Å². The predicted molar refractivity (Wildman–Crippen MR) is 122 cm³/mol. The third kappa shape index (κ3) is 6.52. The Hall–Kier alpha value is -3.97. The molecule has 0 bridgehead atoms. The van der Waals surface area contributed by atoms with E-state index in [9.17, 15) is 14.4 Å². The van der Waals surface area contributed by atoms with E-state index in [0.29, 0.717) is 27.5 Å². The van der Waals surface area contributed by atoms with Crippen molar-refractivity contribution in [1.29, 1.82) is 0 Å². The Balaban J connectivity index is 1.45. The number of carbonyl (C=O) groups excluding carboxylic acids is 3. The Labute approximate surface area is 190 Å². The third-order valence-electron chi connectivity index (χ3n) is 4.37. The quantitative estimate of drug-likeness (QED) is 0.248. The van der Waals surface area contributed by atoms with Crippen molar-refractivity contribution in [3.05, 3.63) is 100 Å². The van der Waals surface area contributed by atoms with Crippen molar-refractivity contribution >= 4 is 35.6 Å². The summed E-state index contributed by atoms with van der Waals surface area (Å²) in [4.78, 5) is 36.1. The molecule has 7 nitrogen and oxygen atoms in total. The Kier molecular flexibility index (Phi) is 7.72. The van der Waals surface area contributed by atoms with Gasteiger partial charge in [-0.15, -0.1) is 0 Å². The highest BCUT2D eigenvalue weighted by Gasteiger charge is 2.11. The number of rotatable bonds is 7. The van der Waals surface area contributed by atoms with Gasteiger partial charge in [0, 0.05) is 10.6 Å². The van der Waals surface area contributed by atoms with E-state index in [1.54, 1.807) is 60.7 Å². The number of nitrogens with zero attached hydrogens (tertiary/aromatic N) is 1. The van der Waals surface area contributed by atoms with Gasteiger partial charge in [0.1, 0.15) is 5.75 Å². The number of aryl methyl sites for hydroxylation is 1. The molecule has 0 heterocycles. The summed E-state index contributed by atoms with van der Waals surface area (Å²) in [5.41, 5.74) is 4.75. The fourth-order valence-corrected chi connectivity index (χ4v) is 2.79. The molecule has 0 unspecified atom stereocenters. The van der Waals surface area contributed by atoms with Gasteiger partial charge in [-0.2, -0.15) is 5.10 Å². The van der Waals surface area contributed by atoms with Gasteiger partial charge in [-0.05, 0) is 72.6 Å². The standard InChI is InChI=1S/C24H20ClN3O4/c1-16-4-2-3-5-21(16)24(31)32-20-12-6-17(7-13-20)14-27-28-22(29)15-26-23(30)18-8-10-19(25)11-9-18/h2-14H,15H2,1H3,(H,26,30)(H,28,29)/b27-14+. The summed E-state index contributed by atoms with van der Waals surface area (Å²) < 4.78 is 5.38. The second kappa shape index (κ2) is 10.9. The van der Waals surface area contributed by atoms with Gasteiger partial charge in [-0.1, -0.05) is 29.8 Å². The molecule has 0 radical (unpaired) electrons. The second-order valence-electron chi connectivity index (χ2n) is 6.76. The number of benzene rings is 3. The van der Waals surface area contributed by atoms with E-state index in [2.05, 4.69) is 15.8 Å². The molecular weight excluding hydrogens is 430 g/mol. The predicted octanol–water partition coefficient (Wildman–Crippen LogP) is 3.75. The number of amides is 2. The number of nitrogens with one attached hydrogen (secondary N) is 2. The lowest BCUT2D eigenvalue weighted by molar-refractivity contribution is -0.120. The van der Waals surface area contributed by atoms with E-state index in [-0.39, 0.29) is 6.54 Å². The molecule has 3 aromatic rings. The van der Waals surface area contributed by atoms with E-state index >= 15 is 0 Å². The topological polar surface area (TPSA) is 96.9 Å². The van der Waals surface area contributed by atoms with E-state index < -0.39 is 17.8 Å². The van der Waals surface area contributed by atoms with E-state index in [0.717, 1.165) is 5.56 Å². The van der Waals surface area contributed by atoms with Crippen LogP contribution in [0.5, 0.6) is 5.75 Å². The molecule has 3 aromatic carbocycles. The maximum absolute atomic E-state index is 12.2. The minimum absolute atomic E-state index is 0.230. The summed E-state index contributed by atoms with van der Waals surface area (Å²) in [6.07, 6.45) is 1.44. The first-order valence-electron chi connectivity index (χ1n) is 9.66.